The van der Waals surface area contributed by atoms with Crippen LogP contribution in [0.4, 0.5) is 0 Å². The molecule has 29 heavy (non-hydrogen) atoms. The van der Waals surface area contributed by atoms with E-state index in [0.717, 1.165) is 22.8 Å². The van der Waals surface area contributed by atoms with Crippen molar-refractivity contribution in [2.24, 2.45) is 5.10 Å². The molecule has 7 heteroatoms. The van der Waals surface area contributed by atoms with Gasteiger partial charge in [-0.05, 0) is 55.5 Å². The minimum absolute atomic E-state index is 0.170. The van der Waals surface area contributed by atoms with Crippen LogP contribution in [0.1, 0.15) is 11.4 Å². The van der Waals surface area contributed by atoms with Gasteiger partial charge in [0.25, 0.3) is 5.91 Å². The molecule has 1 heterocycles. The molecule has 0 saturated heterocycles. The van der Waals surface area contributed by atoms with Crippen LogP contribution < -0.4 is 19.6 Å². The van der Waals surface area contributed by atoms with Gasteiger partial charge in [0.2, 0.25) is 0 Å². The number of para-hydroxylation sites is 2. The molecular weight excluding hydrogens is 370 g/mol. The van der Waals surface area contributed by atoms with E-state index in [-0.39, 0.29) is 12.5 Å². The topological polar surface area (TPSA) is 74.1 Å². The molecule has 0 spiro atoms. The summed E-state index contributed by atoms with van der Waals surface area (Å²) in [5.74, 6) is 1.48. The second-order valence-corrected chi connectivity index (χ2v) is 6.17. The Kier molecular flexibility index (Phi) is 6.52. The molecule has 0 radical (unpaired) electrons. The van der Waals surface area contributed by atoms with Crippen molar-refractivity contribution in [3.8, 4) is 22.9 Å². The first kappa shape index (κ1) is 20.0. The normalized spacial score (nSPS) is 10.7. The second kappa shape index (κ2) is 9.45. The highest BCUT2D eigenvalue weighted by atomic mass is 16.5. The van der Waals surface area contributed by atoms with E-state index in [4.69, 9.17) is 14.2 Å². The van der Waals surface area contributed by atoms with Crippen molar-refractivity contribution in [1.82, 2.24) is 9.99 Å². The van der Waals surface area contributed by atoms with E-state index in [9.17, 15) is 4.79 Å². The number of rotatable bonds is 8. The van der Waals surface area contributed by atoms with Crippen LogP contribution in [0.5, 0.6) is 17.2 Å². The Morgan fingerprint density at radius 2 is 1.72 bits per heavy atom. The molecule has 0 aliphatic carbocycles. The lowest BCUT2D eigenvalue weighted by molar-refractivity contribution is -0.123. The van der Waals surface area contributed by atoms with Gasteiger partial charge in [-0.25, -0.2) is 5.43 Å². The quantitative estimate of drug-likeness (QED) is 0.471. The summed E-state index contributed by atoms with van der Waals surface area (Å²) in [5, 5.41) is 4.05. The summed E-state index contributed by atoms with van der Waals surface area (Å²) in [6, 6.07) is 18.8. The zero-order valence-electron chi connectivity index (χ0n) is 16.6. The number of methoxy groups -OCH3 is 2. The fourth-order valence-electron chi connectivity index (χ4n) is 2.83. The number of hydrazone groups is 1. The zero-order chi connectivity index (χ0) is 20.6. The van der Waals surface area contributed by atoms with Gasteiger partial charge in [-0.1, -0.05) is 12.1 Å². The number of amides is 1. The molecule has 0 saturated carbocycles. The summed E-state index contributed by atoms with van der Waals surface area (Å²) in [7, 11) is 3.18. The van der Waals surface area contributed by atoms with Gasteiger partial charge in [-0.3, -0.25) is 4.79 Å². The maximum absolute atomic E-state index is 12.0. The maximum atomic E-state index is 12.0. The molecule has 1 aromatic heterocycles. The van der Waals surface area contributed by atoms with Gasteiger partial charge in [0.05, 0.1) is 26.1 Å². The molecule has 3 aromatic rings. The predicted molar refractivity (Wildman–Crippen MR) is 111 cm³/mol. The number of hydrogen-bond donors (Lipinski definition) is 1. The molecule has 0 aliphatic rings. The lowest BCUT2D eigenvalue weighted by Gasteiger charge is -2.10. The molecule has 0 unspecified atom stereocenters. The van der Waals surface area contributed by atoms with Gasteiger partial charge in [0, 0.05) is 11.4 Å². The van der Waals surface area contributed by atoms with Crippen LogP contribution in [0.3, 0.4) is 0 Å². The van der Waals surface area contributed by atoms with Crippen molar-refractivity contribution in [3.63, 3.8) is 0 Å². The standard InChI is InChI=1S/C22H23N3O4/c1-16-8-9-18(25(16)17-10-12-19(27-2)13-11-17)14-23-24-22(26)15-29-21-7-5-4-6-20(21)28-3/h4-14H,15H2,1-3H3,(H,24,26)/b23-14-. The van der Waals surface area contributed by atoms with Crippen LogP contribution >= 0.6 is 0 Å². The summed E-state index contributed by atoms with van der Waals surface area (Å²) in [6.07, 6.45) is 1.60. The minimum atomic E-state index is -0.369. The summed E-state index contributed by atoms with van der Waals surface area (Å²) < 4.78 is 17.9. The molecule has 0 aliphatic heterocycles. The number of hydrogen-bond acceptors (Lipinski definition) is 5. The Morgan fingerprint density at radius 3 is 2.41 bits per heavy atom. The largest absolute Gasteiger partial charge is 0.497 e. The van der Waals surface area contributed by atoms with Gasteiger partial charge in [-0.2, -0.15) is 5.10 Å². The van der Waals surface area contributed by atoms with Crippen LogP contribution in [0, 0.1) is 6.92 Å². The number of carbonyl (C=O) groups is 1. The number of carbonyl (C=O) groups excluding carboxylic acids is 1. The first-order valence-electron chi connectivity index (χ1n) is 9.03. The molecule has 0 atom stereocenters. The van der Waals surface area contributed by atoms with Crippen LogP contribution in [0.15, 0.2) is 65.8 Å². The van der Waals surface area contributed by atoms with Gasteiger partial charge >= 0.3 is 0 Å². The van der Waals surface area contributed by atoms with E-state index in [2.05, 4.69) is 10.5 Å². The van der Waals surface area contributed by atoms with E-state index in [1.807, 2.05) is 60.0 Å². The van der Waals surface area contributed by atoms with Crippen molar-refractivity contribution in [3.05, 3.63) is 72.1 Å². The van der Waals surface area contributed by atoms with E-state index in [0.29, 0.717) is 11.5 Å². The zero-order valence-corrected chi connectivity index (χ0v) is 16.6. The molecule has 3 rings (SSSR count). The smallest absolute Gasteiger partial charge is 0.277 e. The Labute approximate surface area is 169 Å². The van der Waals surface area contributed by atoms with E-state index < -0.39 is 0 Å². The third kappa shape index (κ3) is 4.95. The monoisotopic (exact) mass is 393 g/mol. The first-order valence-corrected chi connectivity index (χ1v) is 9.03. The van der Waals surface area contributed by atoms with Crippen molar-refractivity contribution < 1.29 is 19.0 Å². The number of aryl methyl sites for hydroxylation is 1. The van der Waals surface area contributed by atoms with Gasteiger partial charge in [0.1, 0.15) is 5.75 Å². The number of benzene rings is 2. The molecule has 2 aromatic carbocycles. The van der Waals surface area contributed by atoms with Gasteiger partial charge < -0.3 is 18.8 Å². The number of nitrogens with zero attached hydrogens (tertiary/aromatic N) is 2. The summed E-state index contributed by atoms with van der Waals surface area (Å²) in [4.78, 5) is 12.0. The average Bonchev–Trinajstić information content (AvgIpc) is 3.12. The first-order chi connectivity index (χ1) is 14.1. The van der Waals surface area contributed by atoms with Crippen LogP contribution in [-0.4, -0.2) is 37.5 Å². The molecule has 0 bridgehead atoms. The highest BCUT2D eigenvalue weighted by Gasteiger charge is 2.08. The fourth-order valence-corrected chi connectivity index (χ4v) is 2.83. The van der Waals surface area contributed by atoms with Crippen molar-refractivity contribution in [2.45, 2.75) is 6.92 Å². The molecular formula is C22H23N3O4. The molecule has 1 amide bonds. The minimum Gasteiger partial charge on any atom is -0.497 e. The maximum Gasteiger partial charge on any atom is 0.277 e. The van der Waals surface area contributed by atoms with E-state index in [1.165, 1.54) is 0 Å². The Balaban J connectivity index is 1.62. The van der Waals surface area contributed by atoms with Crippen molar-refractivity contribution >= 4 is 12.1 Å². The van der Waals surface area contributed by atoms with Crippen LogP contribution in [-0.2, 0) is 4.79 Å². The Hall–Kier alpha value is -3.74. The van der Waals surface area contributed by atoms with E-state index >= 15 is 0 Å². The highest BCUT2D eigenvalue weighted by Crippen LogP contribution is 2.25. The van der Waals surface area contributed by atoms with Crippen LogP contribution in [0.2, 0.25) is 0 Å². The SMILES string of the molecule is COc1ccc(-n2c(C)ccc2/C=N\NC(=O)COc2ccccc2OC)cc1. The Morgan fingerprint density at radius 1 is 1.00 bits per heavy atom. The second-order valence-electron chi connectivity index (χ2n) is 6.17. The fraction of sp³-hybridized carbons (Fsp3) is 0.182. The van der Waals surface area contributed by atoms with Gasteiger partial charge in [-0.15, -0.1) is 0 Å². The lowest BCUT2D eigenvalue weighted by Crippen LogP contribution is -2.24. The third-order valence-corrected chi connectivity index (χ3v) is 4.25. The molecule has 7 nitrogen and oxygen atoms in total. The summed E-state index contributed by atoms with van der Waals surface area (Å²) in [5.41, 5.74) is 5.33. The summed E-state index contributed by atoms with van der Waals surface area (Å²) in [6.45, 7) is 1.83. The molecule has 150 valence electrons. The predicted octanol–water partition coefficient (Wildman–Crippen LogP) is 3.33. The van der Waals surface area contributed by atoms with Crippen molar-refractivity contribution in [2.75, 3.05) is 20.8 Å². The highest BCUT2D eigenvalue weighted by molar-refractivity contribution is 5.82. The number of aromatic nitrogens is 1. The average molecular weight is 393 g/mol. The number of nitrogens with one attached hydrogen (secondary N) is 1. The molecule has 0 fully saturated rings. The van der Waals surface area contributed by atoms with Crippen molar-refractivity contribution in [1.29, 1.82) is 0 Å². The Bertz CT molecular complexity index is 994. The summed E-state index contributed by atoms with van der Waals surface area (Å²) >= 11 is 0. The third-order valence-electron chi connectivity index (χ3n) is 4.25. The van der Waals surface area contributed by atoms with Gasteiger partial charge in [0.15, 0.2) is 18.1 Å². The lowest BCUT2D eigenvalue weighted by atomic mass is 10.3. The molecule has 1 N–H and O–H groups in total. The van der Waals surface area contributed by atoms with E-state index in [1.54, 1.807) is 32.6 Å². The number of ether oxygens (including phenoxy) is 3. The van der Waals surface area contributed by atoms with Crippen LogP contribution in [0.25, 0.3) is 5.69 Å².